The van der Waals surface area contributed by atoms with Crippen molar-refractivity contribution in [2.24, 2.45) is 0 Å². The molecule has 1 saturated heterocycles. The number of piperidine rings is 1. The second-order valence-corrected chi connectivity index (χ2v) is 11.2. The van der Waals surface area contributed by atoms with Gasteiger partial charge in [-0.1, -0.05) is 6.07 Å². The van der Waals surface area contributed by atoms with E-state index in [9.17, 15) is 13.2 Å². The molecule has 1 fully saturated rings. The summed E-state index contributed by atoms with van der Waals surface area (Å²) in [6.45, 7) is 1.76. The summed E-state index contributed by atoms with van der Waals surface area (Å²) in [5.74, 6) is 0.542. The molecule has 7 nitrogen and oxygen atoms in total. The highest BCUT2D eigenvalue weighted by Crippen LogP contribution is 2.41. The molecule has 0 bridgehead atoms. The summed E-state index contributed by atoms with van der Waals surface area (Å²) in [6, 6.07) is 13.6. The van der Waals surface area contributed by atoms with Gasteiger partial charge < -0.3 is 4.74 Å². The number of hydrogen-bond acceptors (Lipinski definition) is 6. The zero-order valence-corrected chi connectivity index (χ0v) is 19.5. The van der Waals surface area contributed by atoms with Crippen LogP contribution in [0.15, 0.2) is 36.4 Å². The molecule has 0 radical (unpaired) electrons. The number of ether oxygens (including phenoxy) is 1. The summed E-state index contributed by atoms with van der Waals surface area (Å²) in [5.41, 5.74) is 3.69. The predicted molar refractivity (Wildman–Crippen MR) is 125 cm³/mol. The van der Waals surface area contributed by atoms with E-state index in [-0.39, 0.29) is 5.78 Å². The molecule has 8 heteroatoms. The molecule has 2 aromatic carbocycles. The minimum Gasteiger partial charge on any atom is -0.486 e. The van der Waals surface area contributed by atoms with Crippen molar-refractivity contribution in [3.63, 3.8) is 0 Å². The van der Waals surface area contributed by atoms with Crippen LogP contribution in [-0.2, 0) is 22.9 Å². The summed E-state index contributed by atoms with van der Waals surface area (Å²) < 4.78 is 31.8. The van der Waals surface area contributed by atoms with Crippen molar-refractivity contribution in [3.05, 3.63) is 58.7 Å². The van der Waals surface area contributed by atoms with E-state index in [4.69, 9.17) is 10.00 Å². The number of carbonyl (C=O) groups excluding carboxylic acids is 1. The van der Waals surface area contributed by atoms with E-state index < -0.39 is 15.6 Å². The molecule has 0 amide bonds. The zero-order valence-electron chi connectivity index (χ0n) is 18.6. The average molecular weight is 466 g/mol. The number of carbonyl (C=O) groups is 1. The predicted octanol–water partition coefficient (Wildman–Crippen LogP) is 3.29. The lowest BCUT2D eigenvalue weighted by Gasteiger charge is -2.46. The number of aryl methyl sites for hydroxylation is 1. The molecule has 1 unspecified atom stereocenters. The Hall–Kier alpha value is -2.89. The number of hydrogen-bond donors (Lipinski definition) is 1. The van der Waals surface area contributed by atoms with Gasteiger partial charge in [0.2, 0.25) is 10.0 Å². The van der Waals surface area contributed by atoms with Crippen molar-refractivity contribution in [3.8, 4) is 11.8 Å². The zero-order chi connectivity index (χ0) is 23.2. The van der Waals surface area contributed by atoms with Crippen LogP contribution in [0.2, 0.25) is 0 Å². The molecular formula is C25H27N3O4S. The molecule has 0 aromatic heterocycles. The lowest BCUT2D eigenvalue weighted by atomic mass is 9.80. The molecule has 172 valence electrons. The van der Waals surface area contributed by atoms with Crippen molar-refractivity contribution in [1.29, 1.82) is 5.26 Å². The van der Waals surface area contributed by atoms with Gasteiger partial charge in [0.1, 0.15) is 11.4 Å². The van der Waals surface area contributed by atoms with E-state index in [1.54, 1.807) is 18.2 Å². The lowest BCUT2D eigenvalue weighted by Crippen LogP contribution is -2.54. The van der Waals surface area contributed by atoms with Crippen LogP contribution in [0, 0.1) is 11.3 Å². The number of nitrogens with one attached hydrogen (secondary N) is 1. The number of Topliss-reactive ketones (excluding diaryl/α,β-unsaturated/α-hetero) is 1. The lowest BCUT2D eigenvalue weighted by molar-refractivity contribution is -0.0200. The Morgan fingerprint density at radius 3 is 2.67 bits per heavy atom. The summed E-state index contributed by atoms with van der Waals surface area (Å²) in [4.78, 5) is 15.5. The Morgan fingerprint density at radius 2 is 1.94 bits per heavy atom. The molecule has 2 aliphatic heterocycles. The first kappa shape index (κ1) is 21.9. The Labute approximate surface area is 194 Å². The molecule has 33 heavy (non-hydrogen) atoms. The second kappa shape index (κ2) is 8.15. The summed E-state index contributed by atoms with van der Waals surface area (Å²) in [5, 5.41) is 9.13. The van der Waals surface area contributed by atoms with Crippen LogP contribution in [0.4, 0.5) is 5.69 Å². The number of ketones is 1. The van der Waals surface area contributed by atoms with Gasteiger partial charge in [0, 0.05) is 37.7 Å². The monoisotopic (exact) mass is 465 g/mol. The van der Waals surface area contributed by atoms with Gasteiger partial charge in [0.15, 0.2) is 5.78 Å². The molecule has 3 aliphatic rings. The number of rotatable bonds is 3. The molecular weight excluding hydrogens is 438 g/mol. The van der Waals surface area contributed by atoms with Gasteiger partial charge in [-0.15, -0.1) is 0 Å². The fourth-order valence-corrected chi connectivity index (χ4v) is 6.02. The average Bonchev–Trinajstić information content (AvgIpc) is 2.78. The van der Waals surface area contributed by atoms with E-state index in [0.29, 0.717) is 29.5 Å². The van der Waals surface area contributed by atoms with Crippen LogP contribution >= 0.6 is 0 Å². The van der Waals surface area contributed by atoms with Crippen molar-refractivity contribution in [1.82, 2.24) is 4.90 Å². The first-order chi connectivity index (χ1) is 15.7. The second-order valence-electron chi connectivity index (χ2n) is 9.50. The summed E-state index contributed by atoms with van der Waals surface area (Å²) >= 11 is 0. The number of benzene rings is 2. The highest BCUT2D eigenvalue weighted by molar-refractivity contribution is 7.92. The van der Waals surface area contributed by atoms with E-state index in [2.05, 4.69) is 21.8 Å². The van der Waals surface area contributed by atoms with Crippen LogP contribution in [-0.4, -0.2) is 50.1 Å². The van der Waals surface area contributed by atoms with Crippen LogP contribution in [0.25, 0.3) is 0 Å². The number of nitrogens with zero attached hydrogens (tertiary/aromatic N) is 2. The molecule has 0 saturated carbocycles. The number of anilines is 1. The van der Waals surface area contributed by atoms with Crippen molar-refractivity contribution < 1.29 is 17.9 Å². The number of fused-ring (bicyclic) bond motifs is 2. The number of nitriles is 1. The molecule has 1 atom stereocenters. The standard InChI is InChI=1S/C25H27N3O4S/c1-33(30,31)27-20-5-7-24-22(14-20)23(29)15-25(32-24)8-10-28(11-9-25)21-6-4-18-12-17(16-26)2-3-19(18)13-21/h2-3,5,7,12,14,21,27H,4,6,8-11,13,15H2,1H3. The fourth-order valence-electron chi connectivity index (χ4n) is 5.46. The van der Waals surface area contributed by atoms with Crippen LogP contribution < -0.4 is 9.46 Å². The largest absolute Gasteiger partial charge is 0.486 e. The molecule has 1 aliphatic carbocycles. The third kappa shape index (κ3) is 4.48. The van der Waals surface area contributed by atoms with Gasteiger partial charge in [-0.2, -0.15) is 5.26 Å². The minimum absolute atomic E-state index is 0.00161. The van der Waals surface area contributed by atoms with Crippen LogP contribution in [0.3, 0.4) is 0 Å². The van der Waals surface area contributed by atoms with Crippen molar-refractivity contribution in [2.75, 3.05) is 24.1 Å². The summed E-state index contributed by atoms with van der Waals surface area (Å²) in [7, 11) is -3.41. The molecule has 2 aromatic rings. The third-order valence-electron chi connectivity index (χ3n) is 7.16. The smallest absolute Gasteiger partial charge is 0.229 e. The summed E-state index contributed by atoms with van der Waals surface area (Å²) in [6.07, 6.45) is 6.04. The van der Waals surface area contributed by atoms with Crippen LogP contribution in [0.5, 0.6) is 5.75 Å². The minimum atomic E-state index is -3.41. The van der Waals surface area contributed by atoms with E-state index >= 15 is 0 Å². The van der Waals surface area contributed by atoms with Gasteiger partial charge in [-0.05, 0) is 60.7 Å². The first-order valence-corrected chi connectivity index (χ1v) is 13.2. The normalized spacial score (nSPS) is 22.1. The first-order valence-electron chi connectivity index (χ1n) is 11.3. The SMILES string of the molecule is CS(=O)(=O)Nc1ccc2c(c1)C(=O)CC1(CCN(C3CCc4cc(C#N)ccc4C3)CC1)O2. The Balaban J connectivity index is 1.25. The Morgan fingerprint density at radius 1 is 1.15 bits per heavy atom. The van der Waals surface area contributed by atoms with Gasteiger partial charge in [-0.3, -0.25) is 14.4 Å². The van der Waals surface area contributed by atoms with Gasteiger partial charge in [0.25, 0.3) is 0 Å². The van der Waals surface area contributed by atoms with Crippen molar-refractivity contribution in [2.45, 2.75) is 50.2 Å². The number of likely N-dealkylation sites (tertiary alicyclic amines) is 1. The van der Waals surface area contributed by atoms with Gasteiger partial charge in [0.05, 0.1) is 29.9 Å². The fraction of sp³-hybridized carbons (Fsp3) is 0.440. The van der Waals surface area contributed by atoms with Crippen molar-refractivity contribution >= 4 is 21.5 Å². The van der Waals surface area contributed by atoms with Gasteiger partial charge in [-0.25, -0.2) is 8.42 Å². The maximum atomic E-state index is 13.0. The van der Waals surface area contributed by atoms with E-state index in [0.717, 1.165) is 57.0 Å². The topological polar surface area (TPSA) is 99.5 Å². The van der Waals surface area contributed by atoms with Gasteiger partial charge >= 0.3 is 0 Å². The molecule has 1 N–H and O–H groups in total. The van der Waals surface area contributed by atoms with E-state index in [1.165, 1.54) is 11.1 Å². The number of sulfonamides is 1. The highest BCUT2D eigenvalue weighted by atomic mass is 32.2. The third-order valence-corrected chi connectivity index (χ3v) is 7.76. The van der Waals surface area contributed by atoms with Crippen LogP contribution in [0.1, 0.15) is 52.7 Å². The molecule has 5 rings (SSSR count). The maximum Gasteiger partial charge on any atom is 0.229 e. The quantitative estimate of drug-likeness (QED) is 0.747. The van der Waals surface area contributed by atoms with E-state index in [1.807, 2.05) is 12.1 Å². The molecule has 1 spiro atoms. The Kier molecular flexibility index (Phi) is 5.42. The molecule has 2 heterocycles. The maximum absolute atomic E-state index is 13.0. The highest BCUT2D eigenvalue weighted by Gasteiger charge is 2.44. The Bertz CT molecular complexity index is 1260.